The molecule has 1 aromatic heterocycles. The second-order valence-corrected chi connectivity index (χ2v) is 6.37. The van der Waals surface area contributed by atoms with Crippen molar-refractivity contribution >= 4 is 23.1 Å². The lowest BCUT2D eigenvalue weighted by molar-refractivity contribution is 0.102. The Hall–Kier alpha value is -3.28. The number of rotatable bonds is 3. The molecule has 0 saturated heterocycles. The number of fused-ring (bicyclic) bond motifs is 1. The normalized spacial score (nSPS) is 13.2. The van der Waals surface area contributed by atoms with Crippen LogP contribution in [0.4, 0.5) is 26.0 Å². The zero-order valence-electron chi connectivity index (χ0n) is 14.5. The van der Waals surface area contributed by atoms with Gasteiger partial charge in [-0.15, -0.1) is 0 Å². The third-order valence-corrected chi connectivity index (χ3v) is 4.57. The van der Waals surface area contributed by atoms with Crippen molar-refractivity contribution in [1.82, 2.24) is 4.98 Å². The van der Waals surface area contributed by atoms with E-state index >= 15 is 0 Å². The summed E-state index contributed by atoms with van der Waals surface area (Å²) in [5.41, 5.74) is 2.94. The van der Waals surface area contributed by atoms with Crippen LogP contribution in [0.15, 0.2) is 60.8 Å². The Labute approximate surface area is 155 Å². The van der Waals surface area contributed by atoms with Crippen molar-refractivity contribution in [2.45, 2.75) is 12.8 Å². The van der Waals surface area contributed by atoms with E-state index in [1.54, 1.807) is 18.3 Å². The van der Waals surface area contributed by atoms with Crippen LogP contribution in [-0.4, -0.2) is 17.4 Å². The molecule has 136 valence electrons. The van der Waals surface area contributed by atoms with Crippen LogP contribution in [0.2, 0.25) is 0 Å². The molecule has 1 aliphatic rings. The van der Waals surface area contributed by atoms with Crippen LogP contribution in [0, 0.1) is 11.6 Å². The number of aryl methyl sites for hydroxylation is 1. The number of aromatic nitrogens is 1. The minimum atomic E-state index is -1.01. The monoisotopic (exact) mass is 365 g/mol. The van der Waals surface area contributed by atoms with Crippen molar-refractivity contribution < 1.29 is 13.6 Å². The lowest BCUT2D eigenvalue weighted by Gasteiger charge is -2.30. The molecular formula is C21H17F2N3O. The molecule has 1 aliphatic heterocycles. The molecule has 1 amide bonds. The first kappa shape index (κ1) is 17.1. The van der Waals surface area contributed by atoms with Crippen LogP contribution in [-0.2, 0) is 6.42 Å². The molecule has 0 aliphatic carbocycles. The molecule has 1 N–H and O–H groups in total. The topological polar surface area (TPSA) is 45.2 Å². The summed E-state index contributed by atoms with van der Waals surface area (Å²) >= 11 is 0. The molecule has 4 rings (SSSR count). The van der Waals surface area contributed by atoms with E-state index in [2.05, 4.69) is 21.3 Å². The molecule has 2 heterocycles. The van der Waals surface area contributed by atoms with Crippen LogP contribution in [0.25, 0.3) is 0 Å². The zero-order valence-corrected chi connectivity index (χ0v) is 14.5. The van der Waals surface area contributed by atoms with Gasteiger partial charge in [0.15, 0.2) is 11.6 Å². The Balaban J connectivity index is 1.59. The van der Waals surface area contributed by atoms with E-state index in [0.717, 1.165) is 37.2 Å². The number of nitrogens with one attached hydrogen (secondary N) is 1. The molecule has 0 saturated carbocycles. The number of pyridine rings is 1. The number of nitrogens with zero attached hydrogens (tertiary/aromatic N) is 2. The Morgan fingerprint density at radius 1 is 1.04 bits per heavy atom. The van der Waals surface area contributed by atoms with E-state index in [1.807, 2.05) is 18.2 Å². The summed E-state index contributed by atoms with van der Waals surface area (Å²) in [6.45, 7) is 0.818. The predicted octanol–water partition coefficient (Wildman–Crippen LogP) is 4.70. The highest BCUT2D eigenvalue weighted by atomic mass is 19.2. The zero-order chi connectivity index (χ0) is 18.8. The number of para-hydroxylation sites is 1. The predicted molar refractivity (Wildman–Crippen MR) is 100 cm³/mol. The van der Waals surface area contributed by atoms with Gasteiger partial charge in [0.1, 0.15) is 5.82 Å². The Kier molecular flexibility index (Phi) is 4.54. The van der Waals surface area contributed by atoms with Gasteiger partial charge in [-0.25, -0.2) is 13.8 Å². The highest BCUT2D eigenvalue weighted by Crippen LogP contribution is 2.32. The Morgan fingerprint density at radius 2 is 1.89 bits per heavy atom. The Bertz CT molecular complexity index is 1010. The van der Waals surface area contributed by atoms with Crippen molar-refractivity contribution in [2.24, 2.45) is 0 Å². The van der Waals surface area contributed by atoms with E-state index in [9.17, 15) is 13.6 Å². The number of anilines is 3. The first-order valence-electron chi connectivity index (χ1n) is 8.70. The number of carbonyl (C=O) groups excluding carboxylic acids is 1. The van der Waals surface area contributed by atoms with Crippen molar-refractivity contribution in [3.8, 4) is 0 Å². The molecule has 6 heteroatoms. The van der Waals surface area contributed by atoms with Gasteiger partial charge < -0.3 is 10.2 Å². The maximum absolute atomic E-state index is 13.3. The summed E-state index contributed by atoms with van der Waals surface area (Å²) in [5, 5.41) is 2.58. The van der Waals surface area contributed by atoms with Gasteiger partial charge in [-0.05, 0) is 48.7 Å². The van der Waals surface area contributed by atoms with Gasteiger partial charge in [0.05, 0.1) is 0 Å². The van der Waals surface area contributed by atoms with Crippen molar-refractivity contribution in [3.05, 3.63) is 83.6 Å². The van der Waals surface area contributed by atoms with Gasteiger partial charge in [-0.3, -0.25) is 4.79 Å². The molecule has 0 spiro atoms. The molecular weight excluding hydrogens is 348 g/mol. The molecule has 0 bridgehead atoms. The highest BCUT2D eigenvalue weighted by molar-refractivity contribution is 6.04. The maximum atomic E-state index is 13.3. The van der Waals surface area contributed by atoms with E-state index in [-0.39, 0.29) is 5.69 Å². The quantitative estimate of drug-likeness (QED) is 0.732. The summed E-state index contributed by atoms with van der Waals surface area (Å²) in [6, 6.07) is 14.7. The second kappa shape index (κ2) is 7.15. The third-order valence-electron chi connectivity index (χ3n) is 4.57. The number of amides is 1. The summed E-state index contributed by atoms with van der Waals surface area (Å²) in [4.78, 5) is 19.0. The molecule has 27 heavy (non-hydrogen) atoms. The van der Waals surface area contributed by atoms with Gasteiger partial charge in [-0.1, -0.05) is 18.2 Å². The molecule has 0 fully saturated rings. The molecule has 0 unspecified atom stereocenters. The summed E-state index contributed by atoms with van der Waals surface area (Å²) in [5.74, 6) is -1.69. The van der Waals surface area contributed by atoms with E-state index < -0.39 is 17.5 Å². The fraction of sp³-hybridized carbons (Fsp3) is 0.143. The minimum Gasteiger partial charge on any atom is -0.326 e. The fourth-order valence-electron chi connectivity index (χ4n) is 3.26. The number of halogens is 2. The first-order chi connectivity index (χ1) is 13.1. The van der Waals surface area contributed by atoms with E-state index in [0.29, 0.717) is 11.4 Å². The van der Waals surface area contributed by atoms with Crippen LogP contribution >= 0.6 is 0 Å². The third kappa shape index (κ3) is 3.51. The number of hydrogen-bond acceptors (Lipinski definition) is 3. The molecule has 3 aromatic rings. The van der Waals surface area contributed by atoms with Gasteiger partial charge in [-0.2, -0.15) is 0 Å². The summed E-state index contributed by atoms with van der Waals surface area (Å²) < 4.78 is 26.4. The standard InChI is InChI=1S/C21H17F2N3O/c22-17-8-7-16(13-18(17)23)25-21(27)15-9-10-24-20(12-15)26-11-3-5-14-4-1-2-6-19(14)26/h1-2,4,6-10,12-13H,3,5,11H2,(H,25,27). The summed E-state index contributed by atoms with van der Waals surface area (Å²) in [7, 11) is 0. The van der Waals surface area contributed by atoms with Gasteiger partial charge in [0.25, 0.3) is 5.91 Å². The van der Waals surface area contributed by atoms with Gasteiger partial charge >= 0.3 is 0 Å². The molecule has 0 radical (unpaired) electrons. The van der Waals surface area contributed by atoms with Crippen LogP contribution in [0.1, 0.15) is 22.3 Å². The van der Waals surface area contributed by atoms with E-state index in [1.165, 1.54) is 11.6 Å². The maximum Gasteiger partial charge on any atom is 0.255 e. The van der Waals surface area contributed by atoms with Crippen LogP contribution < -0.4 is 10.2 Å². The van der Waals surface area contributed by atoms with E-state index in [4.69, 9.17) is 0 Å². The number of hydrogen-bond donors (Lipinski definition) is 1. The number of benzene rings is 2. The SMILES string of the molecule is O=C(Nc1ccc(F)c(F)c1)c1ccnc(N2CCCc3ccccc32)c1. The largest absolute Gasteiger partial charge is 0.326 e. The van der Waals surface area contributed by atoms with Gasteiger partial charge in [0.2, 0.25) is 0 Å². The molecule has 2 aromatic carbocycles. The minimum absolute atomic E-state index is 0.195. The highest BCUT2D eigenvalue weighted by Gasteiger charge is 2.19. The fourth-order valence-corrected chi connectivity index (χ4v) is 3.26. The van der Waals surface area contributed by atoms with Crippen molar-refractivity contribution in [2.75, 3.05) is 16.8 Å². The second-order valence-electron chi connectivity index (χ2n) is 6.37. The van der Waals surface area contributed by atoms with Gasteiger partial charge in [0, 0.05) is 35.7 Å². The average Bonchev–Trinajstić information content (AvgIpc) is 2.70. The smallest absolute Gasteiger partial charge is 0.255 e. The van der Waals surface area contributed by atoms with Crippen molar-refractivity contribution in [1.29, 1.82) is 0 Å². The molecule has 0 atom stereocenters. The van der Waals surface area contributed by atoms with Crippen molar-refractivity contribution in [3.63, 3.8) is 0 Å². The lowest BCUT2D eigenvalue weighted by Crippen LogP contribution is -2.25. The van der Waals surface area contributed by atoms with Crippen LogP contribution in [0.3, 0.4) is 0 Å². The molecule has 4 nitrogen and oxygen atoms in total. The average molecular weight is 365 g/mol. The first-order valence-corrected chi connectivity index (χ1v) is 8.70. The number of carbonyl (C=O) groups is 1. The van der Waals surface area contributed by atoms with Crippen LogP contribution in [0.5, 0.6) is 0 Å². The summed E-state index contributed by atoms with van der Waals surface area (Å²) in [6.07, 6.45) is 3.60. The Morgan fingerprint density at radius 3 is 2.74 bits per heavy atom. The lowest BCUT2D eigenvalue weighted by atomic mass is 10.0.